The van der Waals surface area contributed by atoms with Crippen LogP contribution < -0.4 is 14.2 Å². The Labute approximate surface area is 192 Å². The summed E-state index contributed by atoms with van der Waals surface area (Å²) in [6, 6.07) is 11.6. The van der Waals surface area contributed by atoms with Gasteiger partial charge < -0.3 is 19.3 Å². The van der Waals surface area contributed by atoms with Crippen LogP contribution in [0.15, 0.2) is 48.0 Å². The molecule has 3 rings (SSSR count). The molecule has 0 saturated heterocycles. The maximum absolute atomic E-state index is 11.0. The molecule has 0 bridgehead atoms. The van der Waals surface area contributed by atoms with Crippen LogP contribution in [0.2, 0.25) is 0 Å². The van der Waals surface area contributed by atoms with Crippen molar-refractivity contribution in [3.8, 4) is 27.8 Å². The van der Waals surface area contributed by atoms with Crippen molar-refractivity contribution in [3.63, 3.8) is 0 Å². The highest BCUT2D eigenvalue weighted by Gasteiger charge is 2.15. The number of carbonyl (C=O) groups is 1. The van der Waals surface area contributed by atoms with Crippen molar-refractivity contribution in [2.75, 3.05) is 6.61 Å². The third kappa shape index (κ3) is 6.23. The topological polar surface area (TPSA) is 77.9 Å². The zero-order valence-corrected chi connectivity index (χ0v) is 19.6. The lowest BCUT2D eigenvalue weighted by atomic mass is 10.1. The number of aliphatic carboxylic acids is 1. The van der Waals surface area contributed by atoms with E-state index in [9.17, 15) is 4.79 Å². The van der Waals surface area contributed by atoms with Gasteiger partial charge in [0.05, 0.1) is 18.3 Å². The Morgan fingerprint density at radius 3 is 2.56 bits per heavy atom. The lowest BCUT2D eigenvalue weighted by molar-refractivity contribution is -0.144. The first-order valence-corrected chi connectivity index (χ1v) is 11.6. The Hall–Kier alpha value is -3.06. The Balaban J connectivity index is 1.56. The highest BCUT2D eigenvalue weighted by atomic mass is 32.1. The molecule has 1 aromatic heterocycles. The fraction of sp³-hybridized carbons (Fsp3) is 0.360. The molecule has 170 valence electrons. The molecule has 2 atom stereocenters. The van der Waals surface area contributed by atoms with Crippen molar-refractivity contribution in [1.82, 2.24) is 4.98 Å². The van der Waals surface area contributed by atoms with Crippen LogP contribution in [-0.4, -0.2) is 34.9 Å². The first-order chi connectivity index (χ1) is 15.4. The van der Waals surface area contributed by atoms with E-state index >= 15 is 0 Å². The fourth-order valence-electron chi connectivity index (χ4n) is 3.13. The molecule has 1 heterocycles. The van der Waals surface area contributed by atoms with E-state index in [1.807, 2.05) is 31.4 Å². The third-order valence-corrected chi connectivity index (χ3v) is 5.84. The molecule has 0 spiro atoms. The average molecular weight is 456 g/mol. The Kier molecular flexibility index (Phi) is 8.11. The number of carboxylic acids is 1. The molecule has 1 N–H and O–H groups in total. The number of ether oxygens (including phenoxy) is 3. The molecule has 0 radical (unpaired) electrons. The van der Waals surface area contributed by atoms with Gasteiger partial charge in [-0.25, -0.2) is 9.78 Å². The maximum atomic E-state index is 11.0. The molecule has 0 aliphatic heterocycles. The van der Waals surface area contributed by atoms with E-state index in [1.165, 1.54) is 12.5 Å². The summed E-state index contributed by atoms with van der Waals surface area (Å²) < 4.78 is 17.6. The predicted octanol–water partition coefficient (Wildman–Crippen LogP) is 5.77. The Bertz CT molecular complexity index is 1030. The van der Waals surface area contributed by atoms with E-state index in [2.05, 4.69) is 24.0 Å². The first kappa shape index (κ1) is 23.6. The minimum Gasteiger partial charge on any atom is -0.493 e. The van der Waals surface area contributed by atoms with E-state index in [0.29, 0.717) is 24.5 Å². The fourth-order valence-corrected chi connectivity index (χ4v) is 3.79. The van der Waals surface area contributed by atoms with Gasteiger partial charge >= 0.3 is 5.97 Å². The minimum absolute atomic E-state index is 0.0405. The van der Waals surface area contributed by atoms with Crippen molar-refractivity contribution in [3.05, 3.63) is 59.1 Å². The van der Waals surface area contributed by atoms with Crippen molar-refractivity contribution < 1.29 is 24.1 Å². The molecule has 0 saturated carbocycles. The number of benzene rings is 2. The molecular formula is C25H29NO5S. The van der Waals surface area contributed by atoms with Crippen molar-refractivity contribution in [1.29, 1.82) is 0 Å². The lowest BCUT2D eigenvalue weighted by Gasteiger charge is -2.18. The molecule has 7 heteroatoms. The highest BCUT2D eigenvalue weighted by Crippen LogP contribution is 2.33. The number of aromatic nitrogens is 1. The van der Waals surface area contributed by atoms with E-state index in [4.69, 9.17) is 19.3 Å². The van der Waals surface area contributed by atoms with Gasteiger partial charge in [0, 0.05) is 18.0 Å². The summed E-state index contributed by atoms with van der Waals surface area (Å²) in [6.45, 7) is 8.02. The lowest BCUT2D eigenvalue weighted by Crippen LogP contribution is -2.23. The minimum atomic E-state index is -0.999. The number of rotatable bonds is 11. The number of hydrogen-bond acceptors (Lipinski definition) is 6. The van der Waals surface area contributed by atoms with Crippen molar-refractivity contribution >= 4 is 17.3 Å². The van der Waals surface area contributed by atoms with Gasteiger partial charge in [-0.1, -0.05) is 13.0 Å². The normalized spacial score (nSPS) is 12.8. The number of thiazole rings is 1. The molecule has 0 aliphatic carbocycles. The standard InChI is InChI=1S/C25H29NO5S/c1-5-19-6-8-23(21(15-19)24-26-11-13-32-24)30-17(3)10-12-29-20-7-9-22(16(2)14-20)31-18(4)25(27)28/h6-9,11,13-15,17-18H,5,10,12H2,1-4H3,(H,27,28)/t17-,18?/m0/s1. The monoisotopic (exact) mass is 455 g/mol. The highest BCUT2D eigenvalue weighted by molar-refractivity contribution is 7.13. The Morgan fingerprint density at radius 1 is 1.12 bits per heavy atom. The number of hydrogen-bond donors (Lipinski definition) is 1. The van der Waals surface area contributed by atoms with Gasteiger partial charge in [0.1, 0.15) is 22.3 Å². The summed E-state index contributed by atoms with van der Waals surface area (Å²) in [7, 11) is 0. The summed E-state index contributed by atoms with van der Waals surface area (Å²) >= 11 is 1.60. The maximum Gasteiger partial charge on any atom is 0.344 e. The van der Waals surface area contributed by atoms with Gasteiger partial charge in [-0.3, -0.25) is 0 Å². The van der Waals surface area contributed by atoms with E-state index in [1.54, 1.807) is 29.7 Å². The molecule has 0 fully saturated rings. The SMILES string of the molecule is CCc1ccc(O[C@@H](C)CCOc2ccc(OC(C)C(=O)O)c(C)c2)c(-c2nccs2)c1. The van der Waals surface area contributed by atoms with Crippen LogP contribution in [0, 0.1) is 6.92 Å². The van der Waals surface area contributed by atoms with Gasteiger partial charge in [0.25, 0.3) is 0 Å². The van der Waals surface area contributed by atoms with Gasteiger partial charge in [-0.05, 0) is 68.7 Å². The summed E-state index contributed by atoms with van der Waals surface area (Å²) in [4.78, 5) is 15.4. The average Bonchev–Trinajstić information content (AvgIpc) is 3.30. The van der Waals surface area contributed by atoms with Crippen molar-refractivity contribution in [2.45, 2.75) is 52.7 Å². The molecule has 6 nitrogen and oxygen atoms in total. The Morgan fingerprint density at radius 2 is 1.91 bits per heavy atom. The van der Waals surface area contributed by atoms with E-state index in [-0.39, 0.29) is 6.10 Å². The van der Waals surface area contributed by atoms with E-state index in [0.717, 1.165) is 28.3 Å². The summed E-state index contributed by atoms with van der Waals surface area (Å²) in [5, 5.41) is 11.9. The predicted molar refractivity (Wildman–Crippen MR) is 126 cm³/mol. The second kappa shape index (κ2) is 11.0. The molecular weight excluding hydrogens is 426 g/mol. The molecule has 3 aromatic rings. The summed E-state index contributed by atoms with van der Waals surface area (Å²) in [5.41, 5.74) is 3.09. The van der Waals surface area contributed by atoms with Crippen LogP contribution in [0.25, 0.3) is 10.6 Å². The smallest absolute Gasteiger partial charge is 0.344 e. The molecule has 0 amide bonds. The molecule has 2 aromatic carbocycles. The molecule has 1 unspecified atom stereocenters. The van der Waals surface area contributed by atoms with Gasteiger partial charge in [0.2, 0.25) is 0 Å². The summed E-state index contributed by atoms with van der Waals surface area (Å²) in [6.07, 6.45) is 2.53. The van der Waals surface area contributed by atoms with Crippen LogP contribution in [0.5, 0.6) is 17.2 Å². The van der Waals surface area contributed by atoms with Crippen molar-refractivity contribution in [2.24, 2.45) is 0 Å². The van der Waals surface area contributed by atoms with Crippen LogP contribution in [0.1, 0.15) is 38.3 Å². The van der Waals surface area contributed by atoms with Gasteiger partial charge in [0.15, 0.2) is 6.10 Å². The second-order valence-electron chi connectivity index (χ2n) is 7.61. The van der Waals surface area contributed by atoms with Gasteiger partial charge in [-0.2, -0.15) is 0 Å². The van der Waals surface area contributed by atoms with Crippen LogP contribution in [0.4, 0.5) is 0 Å². The number of carboxylic acid groups (broad SMARTS) is 1. The van der Waals surface area contributed by atoms with E-state index < -0.39 is 12.1 Å². The van der Waals surface area contributed by atoms with Crippen LogP contribution in [0.3, 0.4) is 0 Å². The number of nitrogens with zero attached hydrogens (tertiary/aromatic N) is 1. The quantitative estimate of drug-likeness (QED) is 0.395. The third-order valence-electron chi connectivity index (χ3n) is 5.03. The molecule has 32 heavy (non-hydrogen) atoms. The first-order valence-electron chi connectivity index (χ1n) is 10.7. The van der Waals surface area contributed by atoms with Crippen LogP contribution in [-0.2, 0) is 11.2 Å². The number of aryl methyl sites for hydroxylation is 2. The second-order valence-corrected chi connectivity index (χ2v) is 8.51. The summed E-state index contributed by atoms with van der Waals surface area (Å²) in [5.74, 6) is 1.07. The zero-order chi connectivity index (χ0) is 23.1. The zero-order valence-electron chi connectivity index (χ0n) is 18.8. The van der Waals surface area contributed by atoms with Gasteiger partial charge in [-0.15, -0.1) is 11.3 Å². The molecule has 0 aliphatic rings. The van der Waals surface area contributed by atoms with Crippen LogP contribution >= 0.6 is 11.3 Å². The largest absolute Gasteiger partial charge is 0.493 e.